The van der Waals surface area contributed by atoms with Crippen LogP contribution in [0.15, 0.2) is 49.7 Å². The van der Waals surface area contributed by atoms with E-state index in [1.54, 1.807) is 24.1 Å². The lowest BCUT2D eigenvalue weighted by atomic mass is 10.2. The van der Waals surface area contributed by atoms with Gasteiger partial charge in [0, 0.05) is 24.1 Å². The van der Waals surface area contributed by atoms with E-state index in [0.29, 0.717) is 24.8 Å². The van der Waals surface area contributed by atoms with Gasteiger partial charge in [-0.2, -0.15) is 0 Å². The van der Waals surface area contributed by atoms with Crippen LogP contribution in [0.3, 0.4) is 0 Å². The van der Waals surface area contributed by atoms with Crippen molar-refractivity contribution in [2.24, 2.45) is 0 Å². The molecule has 134 valence electrons. The molecule has 0 aromatic heterocycles. The maximum atomic E-state index is 10.7. The first-order chi connectivity index (χ1) is 11.2. The monoisotopic (exact) mass is 337 g/mol. The molecule has 6 heteroatoms. The van der Waals surface area contributed by atoms with Crippen molar-refractivity contribution in [3.63, 3.8) is 0 Å². The number of carbonyl (C=O) groups is 3. The lowest BCUT2D eigenvalue weighted by Gasteiger charge is -2.05. The van der Waals surface area contributed by atoms with E-state index in [0.717, 1.165) is 13.0 Å². The summed E-state index contributed by atoms with van der Waals surface area (Å²) in [6.45, 7) is 16.1. The number of methoxy groups -OCH3 is 1. The van der Waals surface area contributed by atoms with Crippen LogP contribution in [0.5, 0.6) is 0 Å². The Morgan fingerprint density at radius 1 is 1.33 bits per heavy atom. The lowest BCUT2D eigenvalue weighted by molar-refractivity contribution is -0.136. The predicted molar refractivity (Wildman–Crippen MR) is 94.2 cm³/mol. The summed E-state index contributed by atoms with van der Waals surface area (Å²) >= 11 is 0. The van der Waals surface area contributed by atoms with Crippen molar-refractivity contribution >= 4 is 17.8 Å². The van der Waals surface area contributed by atoms with Gasteiger partial charge in [-0.1, -0.05) is 25.8 Å². The Morgan fingerprint density at radius 2 is 1.92 bits per heavy atom. The van der Waals surface area contributed by atoms with E-state index in [9.17, 15) is 14.4 Å². The van der Waals surface area contributed by atoms with Gasteiger partial charge in [-0.05, 0) is 32.4 Å². The van der Waals surface area contributed by atoms with Crippen LogP contribution in [0.4, 0.5) is 0 Å². The summed E-state index contributed by atoms with van der Waals surface area (Å²) in [6.07, 6.45) is 6.14. The molecular weight excluding hydrogens is 310 g/mol. The van der Waals surface area contributed by atoms with Crippen molar-refractivity contribution in [2.45, 2.75) is 32.6 Å². The predicted octanol–water partition coefficient (Wildman–Crippen LogP) is 3.08. The minimum atomic E-state index is -0.920. The number of nitrogens with zero attached hydrogens (tertiary/aromatic N) is 1. The molecule has 0 spiro atoms. The molecule has 1 N–H and O–H groups in total. The average molecular weight is 337 g/mol. The molecule has 0 unspecified atom stereocenters. The topological polar surface area (TPSA) is 83.9 Å². The largest absolute Gasteiger partial charge is 0.478 e. The summed E-state index contributed by atoms with van der Waals surface area (Å²) in [5, 5.41) is 8.27. The molecule has 0 bridgehead atoms. The molecule has 0 atom stereocenters. The molecule has 1 aliphatic heterocycles. The van der Waals surface area contributed by atoms with Crippen LogP contribution in [0, 0.1) is 0 Å². The van der Waals surface area contributed by atoms with E-state index in [4.69, 9.17) is 5.11 Å². The first-order valence-electron chi connectivity index (χ1n) is 7.39. The van der Waals surface area contributed by atoms with Gasteiger partial charge in [0.15, 0.2) is 0 Å². The number of amides is 1. The second-order valence-electron chi connectivity index (χ2n) is 4.88. The van der Waals surface area contributed by atoms with Gasteiger partial charge in [-0.3, -0.25) is 4.79 Å². The first-order valence-corrected chi connectivity index (χ1v) is 7.39. The Bertz CT molecular complexity index is 494. The van der Waals surface area contributed by atoms with Gasteiger partial charge in [0.25, 0.3) is 0 Å². The Labute approximate surface area is 143 Å². The van der Waals surface area contributed by atoms with Crippen LogP contribution >= 0.6 is 0 Å². The molecule has 1 saturated heterocycles. The van der Waals surface area contributed by atoms with Crippen molar-refractivity contribution in [2.75, 3.05) is 13.7 Å². The number of allylic oxidation sites excluding steroid dienone is 1. The molecule has 0 saturated carbocycles. The third-order valence-electron chi connectivity index (χ3n) is 2.82. The van der Waals surface area contributed by atoms with Crippen LogP contribution in [0.25, 0.3) is 0 Å². The normalized spacial score (nSPS) is 11.9. The van der Waals surface area contributed by atoms with Gasteiger partial charge in [0.1, 0.15) is 0 Å². The molecule has 24 heavy (non-hydrogen) atoms. The Kier molecular flexibility index (Phi) is 13.8. The number of esters is 1. The molecule has 1 amide bonds. The molecule has 6 nitrogen and oxygen atoms in total. The number of carbonyl (C=O) groups excluding carboxylic acids is 2. The molecule has 0 aromatic carbocycles. The standard InChI is InChI=1S/C7H10O2.C6H9NO.C5H8O2/c1-3-4-5-6(2)7(8)9;1-2-7-5-3-4-6(7)8;1-4(2)5(6)7-3/h3H,1-2,4-5H2,(H,8,9);2H,1,3-5H2;1H2,2-3H3. The third kappa shape index (κ3) is 12.0. The zero-order chi connectivity index (χ0) is 19.1. The summed E-state index contributed by atoms with van der Waals surface area (Å²) in [5.74, 6) is -1.06. The summed E-state index contributed by atoms with van der Waals surface area (Å²) in [7, 11) is 1.33. The number of carboxylic acid groups (broad SMARTS) is 1. The Morgan fingerprint density at radius 3 is 2.12 bits per heavy atom. The molecular formula is C18H27NO5. The van der Waals surface area contributed by atoms with Gasteiger partial charge in [0.05, 0.1) is 7.11 Å². The van der Waals surface area contributed by atoms with Crippen molar-refractivity contribution in [1.82, 2.24) is 4.90 Å². The van der Waals surface area contributed by atoms with Crippen LogP contribution in [0.2, 0.25) is 0 Å². The SMILES string of the molecule is C=C(C)C(=O)OC.C=CCCC(=C)C(=O)O.C=CN1CCCC1=O. The third-order valence-corrected chi connectivity index (χ3v) is 2.82. The van der Waals surface area contributed by atoms with Crippen molar-refractivity contribution < 1.29 is 24.2 Å². The molecule has 1 aliphatic rings. The number of rotatable bonds is 6. The maximum absolute atomic E-state index is 10.7. The smallest absolute Gasteiger partial charge is 0.332 e. The van der Waals surface area contributed by atoms with Gasteiger partial charge < -0.3 is 14.7 Å². The van der Waals surface area contributed by atoms with E-state index in [1.165, 1.54) is 7.11 Å². The highest BCUT2D eigenvalue weighted by molar-refractivity contribution is 5.86. The minimum Gasteiger partial charge on any atom is -0.478 e. The number of likely N-dealkylation sites (tertiary alicyclic amines) is 1. The zero-order valence-corrected chi connectivity index (χ0v) is 14.5. The Hall–Kier alpha value is -2.63. The van der Waals surface area contributed by atoms with Crippen LogP contribution in [-0.4, -0.2) is 41.5 Å². The fraction of sp³-hybridized carbons (Fsp3) is 0.389. The van der Waals surface area contributed by atoms with Crippen LogP contribution < -0.4 is 0 Å². The fourth-order valence-corrected chi connectivity index (χ4v) is 1.42. The summed E-state index contributed by atoms with van der Waals surface area (Å²) < 4.78 is 4.27. The number of hydrogen-bond acceptors (Lipinski definition) is 4. The second kappa shape index (κ2) is 14.0. The number of ether oxygens (including phenoxy) is 1. The Balaban J connectivity index is 0. The van der Waals surface area contributed by atoms with Crippen LogP contribution in [0.1, 0.15) is 32.6 Å². The number of hydrogen-bond donors (Lipinski definition) is 1. The number of carboxylic acids is 1. The highest BCUT2D eigenvalue weighted by Gasteiger charge is 2.16. The van der Waals surface area contributed by atoms with Crippen molar-refractivity contribution in [3.8, 4) is 0 Å². The van der Waals surface area contributed by atoms with Crippen LogP contribution in [-0.2, 0) is 19.1 Å². The molecule has 0 radical (unpaired) electrons. The van der Waals surface area contributed by atoms with E-state index in [1.807, 2.05) is 0 Å². The van der Waals surface area contributed by atoms with Gasteiger partial charge in [-0.15, -0.1) is 6.58 Å². The van der Waals surface area contributed by atoms with Gasteiger partial charge >= 0.3 is 11.9 Å². The van der Waals surface area contributed by atoms with Gasteiger partial charge in [-0.25, -0.2) is 9.59 Å². The van der Waals surface area contributed by atoms with Gasteiger partial charge in [0.2, 0.25) is 5.91 Å². The summed E-state index contributed by atoms with van der Waals surface area (Å²) in [5.41, 5.74) is 0.678. The molecule has 1 heterocycles. The quantitative estimate of drug-likeness (QED) is 0.457. The van der Waals surface area contributed by atoms with Crippen molar-refractivity contribution in [3.05, 3.63) is 49.7 Å². The molecule has 0 aliphatic carbocycles. The van der Waals surface area contributed by atoms with E-state index in [-0.39, 0.29) is 17.4 Å². The summed E-state index contributed by atoms with van der Waals surface area (Å²) in [6, 6.07) is 0. The van der Waals surface area contributed by atoms with E-state index < -0.39 is 5.97 Å². The fourth-order valence-electron chi connectivity index (χ4n) is 1.42. The summed E-state index contributed by atoms with van der Waals surface area (Å²) in [4.78, 5) is 32.6. The average Bonchev–Trinajstić information content (AvgIpc) is 2.97. The first kappa shape index (κ1) is 23.6. The second-order valence-corrected chi connectivity index (χ2v) is 4.88. The maximum Gasteiger partial charge on any atom is 0.332 e. The van der Waals surface area contributed by atoms with E-state index in [2.05, 4.69) is 31.1 Å². The molecule has 1 fully saturated rings. The van der Waals surface area contributed by atoms with Crippen molar-refractivity contribution in [1.29, 1.82) is 0 Å². The minimum absolute atomic E-state index is 0.208. The lowest BCUT2D eigenvalue weighted by Crippen LogP contribution is -2.16. The highest BCUT2D eigenvalue weighted by atomic mass is 16.5. The highest BCUT2D eigenvalue weighted by Crippen LogP contribution is 2.08. The van der Waals surface area contributed by atoms with E-state index >= 15 is 0 Å². The zero-order valence-electron chi connectivity index (χ0n) is 14.5. The number of aliphatic carboxylic acids is 1. The molecule has 1 rings (SSSR count). The molecule has 0 aromatic rings.